The van der Waals surface area contributed by atoms with Gasteiger partial charge in [-0.25, -0.2) is 9.59 Å². The van der Waals surface area contributed by atoms with Gasteiger partial charge in [-0.15, -0.1) is 0 Å². The van der Waals surface area contributed by atoms with E-state index in [1.54, 1.807) is 36.4 Å². The normalized spacial score (nSPS) is 10.1. The zero-order chi connectivity index (χ0) is 13.8. The monoisotopic (exact) mass is 270 g/mol. The third kappa shape index (κ3) is 2.89. The zero-order valence-corrected chi connectivity index (χ0v) is 10.8. The zero-order valence-electron chi connectivity index (χ0n) is 9.83. The van der Waals surface area contributed by atoms with E-state index in [2.05, 4.69) is 0 Å². The molecule has 19 heavy (non-hydrogen) atoms. The predicted octanol–water partition coefficient (Wildman–Crippen LogP) is 0.738. The van der Waals surface area contributed by atoms with Crippen LogP contribution >= 0.6 is 0 Å². The van der Waals surface area contributed by atoms with Crippen molar-refractivity contribution in [3.05, 3.63) is 59.7 Å². The van der Waals surface area contributed by atoms with E-state index in [0.717, 1.165) is 0 Å². The SMILES string of the molecule is O=C(O)c1ccccc1[Si]c1ccccc1C(=O)O. The van der Waals surface area contributed by atoms with Crippen molar-refractivity contribution in [3.63, 3.8) is 0 Å². The molecular weight excluding hydrogens is 260 g/mol. The minimum absolute atomic E-state index is 0.00170. The fourth-order valence-corrected chi connectivity index (χ4v) is 3.00. The maximum atomic E-state index is 11.1. The molecule has 0 aliphatic rings. The van der Waals surface area contributed by atoms with Gasteiger partial charge in [0.25, 0.3) is 0 Å². The molecule has 0 saturated heterocycles. The van der Waals surface area contributed by atoms with Gasteiger partial charge in [-0.2, -0.15) is 0 Å². The molecule has 2 aromatic carbocycles. The van der Waals surface area contributed by atoms with Crippen LogP contribution in [0.3, 0.4) is 0 Å². The van der Waals surface area contributed by atoms with Crippen LogP contribution in [0.4, 0.5) is 0 Å². The second-order valence-corrected chi connectivity index (χ2v) is 5.15. The summed E-state index contributed by atoms with van der Waals surface area (Å²) in [6.45, 7) is 0. The van der Waals surface area contributed by atoms with Gasteiger partial charge in [0, 0.05) is 0 Å². The lowest BCUT2D eigenvalue weighted by Crippen LogP contribution is -2.34. The summed E-state index contributed by atoms with van der Waals surface area (Å²) >= 11 is 0. The molecule has 4 nitrogen and oxygen atoms in total. The summed E-state index contributed by atoms with van der Waals surface area (Å²) in [5.74, 6) is -2.01. The van der Waals surface area contributed by atoms with Crippen LogP contribution in [0.2, 0.25) is 0 Å². The highest BCUT2D eigenvalue weighted by atomic mass is 28.2. The molecule has 2 N–H and O–H groups in total. The van der Waals surface area contributed by atoms with Crippen LogP contribution in [0.25, 0.3) is 0 Å². The third-order valence-corrected chi connectivity index (χ3v) is 3.99. The lowest BCUT2D eigenvalue weighted by molar-refractivity contribution is 0.0688. The molecule has 0 unspecified atom stereocenters. The third-order valence-electron chi connectivity index (χ3n) is 2.58. The summed E-state index contributed by atoms with van der Waals surface area (Å²) in [5, 5.41) is 19.5. The molecule has 94 valence electrons. The number of hydrogen-bond acceptors (Lipinski definition) is 2. The molecule has 0 aliphatic heterocycles. The van der Waals surface area contributed by atoms with E-state index in [0.29, 0.717) is 10.4 Å². The van der Waals surface area contributed by atoms with Crippen LogP contribution in [0.1, 0.15) is 20.7 Å². The summed E-state index contributed by atoms with van der Waals surface area (Å²) in [6, 6.07) is 13.3. The average Bonchev–Trinajstić information content (AvgIpc) is 2.39. The van der Waals surface area contributed by atoms with Crippen LogP contribution in [0, 0.1) is 0 Å². The Hall–Kier alpha value is -2.40. The molecular formula is C14H10O4Si. The number of benzene rings is 2. The molecule has 2 radical (unpaired) electrons. The molecule has 0 amide bonds. The van der Waals surface area contributed by atoms with E-state index in [4.69, 9.17) is 10.2 Å². The van der Waals surface area contributed by atoms with E-state index < -0.39 is 11.9 Å². The van der Waals surface area contributed by atoms with Crippen molar-refractivity contribution in [2.45, 2.75) is 0 Å². The average molecular weight is 270 g/mol. The van der Waals surface area contributed by atoms with Crippen LogP contribution in [0.15, 0.2) is 48.5 Å². The van der Waals surface area contributed by atoms with Crippen molar-refractivity contribution in [3.8, 4) is 0 Å². The highest BCUT2D eigenvalue weighted by Gasteiger charge is 2.14. The minimum atomic E-state index is -1.00. The van der Waals surface area contributed by atoms with Crippen molar-refractivity contribution in [1.82, 2.24) is 0 Å². The summed E-state index contributed by atoms with van der Waals surface area (Å²) in [6.07, 6.45) is 0. The maximum Gasteiger partial charge on any atom is 0.335 e. The molecule has 0 aliphatic carbocycles. The first-order valence-corrected chi connectivity index (χ1v) is 6.51. The molecule has 0 aromatic heterocycles. The first kappa shape index (κ1) is 13.0. The largest absolute Gasteiger partial charge is 0.478 e. The Balaban J connectivity index is 2.42. The van der Waals surface area contributed by atoms with Crippen molar-refractivity contribution >= 4 is 31.8 Å². The van der Waals surface area contributed by atoms with E-state index >= 15 is 0 Å². The Bertz CT molecular complexity index is 581. The van der Waals surface area contributed by atoms with Gasteiger partial charge in [0.15, 0.2) is 0 Å². The highest BCUT2D eigenvalue weighted by molar-refractivity contribution is 6.69. The molecule has 0 spiro atoms. The molecule has 0 bridgehead atoms. The number of carboxylic acid groups (broad SMARTS) is 2. The summed E-state index contributed by atoms with van der Waals surface area (Å²) < 4.78 is 0. The van der Waals surface area contributed by atoms with Crippen LogP contribution in [0.5, 0.6) is 0 Å². The van der Waals surface area contributed by atoms with E-state index in [9.17, 15) is 9.59 Å². The second kappa shape index (κ2) is 5.49. The van der Waals surface area contributed by atoms with Gasteiger partial charge in [-0.05, 0) is 22.5 Å². The lowest BCUT2D eigenvalue weighted by atomic mass is 10.2. The Morgan fingerprint density at radius 1 is 0.737 bits per heavy atom. The van der Waals surface area contributed by atoms with Gasteiger partial charge in [0.1, 0.15) is 9.52 Å². The molecule has 2 rings (SSSR count). The maximum absolute atomic E-state index is 11.1. The van der Waals surface area contributed by atoms with Crippen molar-refractivity contribution < 1.29 is 19.8 Å². The first-order valence-electron chi connectivity index (χ1n) is 5.51. The molecule has 5 heteroatoms. The Morgan fingerprint density at radius 3 is 1.47 bits per heavy atom. The van der Waals surface area contributed by atoms with E-state index in [1.165, 1.54) is 12.1 Å². The lowest BCUT2D eigenvalue weighted by Gasteiger charge is -2.07. The van der Waals surface area contributed by atoms with E-state index in [-0.39, 0.29) is 20.6 Å². The summed E-state index contributed by atoms with van der Waals surface area (Å²) in [7, 11) is -0.00170. The van der Waals surface area contributed by atoms with Gasteiger partial charge in [0.05, 0.1) is 11.1 Å². The molecule has 2 aromatic rings. The van der Waals surface area contributed by atoms with Crippen LogP contribution in [-0.2, 0) is 0 Å². The van der Waals surface area contributed by atoms with Crippen molar-refractivity contribution in [1.29, 1.82) is 0 Å². The second-order valence-electron chi connectivity index (χ2n) is 3.83. The predicted molar refractivity (Wildman–Crippen MR) is 71.8 cm³/mol. The number of carbonyl (C=O) groups is 2. The standard InChI is InChI=1S/C14H10O4Si/c15-13(16)9-5-1-3-7-11(9)19-12-8-4-2-6-10(12)14(17)18/h1-8H,(H,15,16)(H,17,18). The fraction of sp³-hybridized carbons (Fsp3) is 0. The quantitative estimate of drug-likeness (QED) is 0.804. The summed E-state index contributed by atoms with van der Waals surface area (Å²) in [5.41, 5.74) is 0.419. The number of hydrogen-bond donors (Lipinski definition) is 2. The Morgan fingerprint density at radius 2 is 1.11 bits per heavy atom. The molecule has 0 fully saturated rings. The fourth-order valence-electron chi connectivity index (χ4n) is 1.70. The van der Waals surface area contributed by atoms with Gasteiger partial charge in [0.2, 0.25) is 0 Å². The number of carboxylic acids is 2. The van der Waals surface area contributed by atoms with Gasteiger partial charge in [-0.1, -0.05) is 36.4 Å². The Kier molecular flexibility index (Phi) is 3.77. The Labute approximate surface area is 112 Å². The van der Waals surface area contributed by atoms with Crippen LogP contribution in [-0.4, -0.2) is 31.7 Å². The van der Waals surface area contributed by atoms with E-state index in [1.807, 2.05) is 0 Å². The van der Waals surface area contributed by atoms with Gasteiger partial charge >= 0.3 is 11.9 Å². The minimum Gasteiger partial charge on any atom is -0.478 e. The highest BCUT2D eigenvalue weighted by Crippen LogP contribution is 1.99. The molecule has 0 saturated carbocycles. The van der Waals surface area contributed by atoms with Crippen molar-refractivity contribution in [2.75, 3.05) is 0 Å². The number of aromatic carboxylic acids is 2. The topological polar surface area (TPSA) is 74.6 Å². The number of rotatable bonds is 4. The van der Waals surface area contributed by atoms with Crippen LogP contribution < -0.4 is 10.4 Å². The molecule has 0 atom stereocenters. The van der Waals surface area contributed by atoms with Gasteiger partial charge in [-0.3, -0.25) is 0 Å². The summed E-state index contributed by atoms with van der Waals surface area (Å²) in [4.78, 5) is 22.2. The first-order chi connectivity index (χ1) is 9.09. The smallest absolute Gasteiger partial charge is 0.335 e. The molecule has 0 heterocycles. The van der Waals surface area contributed by atoms with Gasteiger partial charge < -0.3 is 10.2 Å². The van der Waals surface area contributed by atoms with Crippen molar-refractivity contribution in [2.24, 2.45) is 0 Å².